The number of morpholine rings is 1. The molecule has 0 bridgehead atoms. The van der Waals surface area contributed by atoms with E-state index in [1.807, 2.05) is 0 Å². The molecule has 0 unspecified atom stereocenters. The molecule has 1 rings (SSSR count). The molecular formula is C9H17NOSe2. The zero-order chi connectivity index (χ0) is 9.52. The van der Waals surface area contributed by atoms with Crippen molar-refractivity contribution in [3.8, 4) is 0 Å². The Kier molecular flexibility index (Phi) is 6.35. The Balaban J connectivity index is 2.13. The van der Waals surface area contributed by atoms with Gasteiger partial charge >= 0.3 is 95.0 Å². The number of nitrogens with zero attached hydrogens (tertiary/aromatic N) is 1. The molecule has 0 amide bonds. The quantitative estimate of drug-likeness (QED) is 0.541. The molecule has 0 aromatic rings. The third kappa shape index (κ3) is 4.62. The molecule has 0 saturated carbocycles. The van der Waals surface area contributed by atoms with Crippen LogP contribution in [0, 0.1) is 0 Å². The first kappa shape index (κ1) is 11.7. The second-order valence-electron chi connectivity index (χ2n) is 3.07. The molecule has 13 heavy (non-hydrogen) atoms. The van der Waals surface area contributed by atoms with Gasteiger partial charge in [-0.1, -0.05) is 0 Å². The van der Waals surface area contributed by atoms with Gasteiger partial charge in [0.1, 0.15) is 0 Å². The Bertz CT molecular complexity index is 158. The van der Waals surface area contributed by atoms with Gasteiger partial charge in [0.2, 0.25) is 0 Å². The van der Waals surface area contributed by atoms with Crippen molar-refractivity contribution in [2.45, 2.75) is 25.1 Å². The summed E-state index contributed by atoms with van der Waals surface area (Å²) in [5, 5.41) is 1.38. The molecule has 1 aliphatic heterocycles. The molecule has 1 aliphatic rings. The van der Waals surface area contributed by atoms with E-state index < -0.39 is 0 Å². The summed E-state index contributed by atoms with van der Waals surface area (Å²) in [6.45, 7) is 6.21. The van der Waals surface area contributed by atoms with Crippen LogP contribution in [0.2, 0.25) is 5.32 Å². The average Bonchev–Trinajstić information content (AvgIpc) is 2.19. The van der Waals surface area contributed by atoms with E-state index in [0.717, 1.165) is 26.3 Å². The Morgan fingerprint density at radius 2 is 2.15 bits per heavy atom. The average molecular weight is 313 g/mol. The second kappa shape index (κ2) is 7.03. The summed E-state index contributed by atoms with van der Waals surface area (Å²) >= 11 is 3.89. The predicted octanol–water partition coefficient (Wildman–Crippen LogP) is 0.497. The molecule has 76 valence electrons. The molecule has 1 fully saturated rings. The predicted molar refractivity (Wildman–Crippen MR) is 58.6 cm³/mol. The van der Waals surface area contributed by atoms with Crippen molar-refractivity contribution < 1.29 is 4.74 Å². The molecule has 0 atom stereocenters. The summed E-state index contributed by atoms with van der Waals surface area (Å²) in [4.78, 5) is 2.44. The fraction of sp³-hybridized carbons (Fsp3) is 0.889. The van der Waals surface area contributed by atoms with Crippen LogP contribution in [-0.2, 0) is 4.74 Å². The zero-order valence-corrected chi connectivity index (χ0v) is 11.5. The molecule has 1 saturated heterocycles. The first-order chi connectivity index (χ1) is 6.34. The van der Waals surface area contributed by atoms with Gasteiger partial charge in [-0.3, -0.25) is 0 Å². The zero-order valence-electron chi connectivity index (χ0n) is 8.12. The Morgan fingerprint density at radius 1 is 1.46 bits per heavy atom. The molecule has 0 aliphatic carbocycles. The van der Waals surface area contributed by atoms with E-state index in [-0.39, 0.29) is 0 Å². The summed E-state index contributed by atoms with van der Waals surface area (Å²) in [6.07, 6.45) is 2.69. The fourth-order valence-electron chi connectivity index (χ4n) is 1.14. The van der Waals surface area contributed by atoms with Crippen LogP contribution < -0.4 is 0 Å². The molecule has 1 heterocycles. The normalized spacial score (nSPS) is 17.5. The van der Waals surface area contributed by atoms with Gasteiger partial charge in [0.15, 0.2) is 0 Å². The standard InChI is InChI=1S/C9H17NOSe2/c1-2-3-8-13-9(12)10-4-6-11-7-5-10/h2-8H2,1H3. The number of unbranched alkanes of at least 4 members (excludes halogenated alkanes) is 1. The van der Waals surface area contributed by atoms with Crippen molar-refractivity contribution in [1.82, 2.24) is 4.90 Å². The van der Waals surface area contributed by atoms with Crippen LogP contribution >= 0.6 is 0 Å². The van der Waals surface area contributed by atoms with Crippen molar-refractivity contribution in [3.05, 3.63) is 0 Å². The van der Waals surface area contributed by atoms with Gasteiger partial charge < -0.3 is 0 Å². The van der Waals surface area contributed by atoms with E-state index in [0.29, 0.717) is 15.0 Å². The van der Waals surface area contributed by atoms with Gasteiger partial charge in [0, 0.05) is 0 Å². The van der Waals surface area contributed by atoms with Crippen LogP contribution in [0.4, 0.5) is 0 Å². The van der Waals surface area contributed by atoms with Crippen LogP contribution in [-0.4, -0.2) is 65.2 Å². The fourth-order valence-corrected chi connectivity index (χ4v) is 4.47. The number of hydrogen-bond donors (Lipinski definition) is 0. The minimum absolute atomic E-state index is 0.674. The third-order valence-corrected chi connectivity index (χ3v) is 5.91. The van der Waals surface area contributed by atoms with E-state index >= 15 is 0 Å². The van der Waals surface area contributed by atoms with Gasteiger partial charge in [-0.25, -0.2) is 0 Å². The Hall–Kier alpha value is 0.669. The summed E-state index contributed by atoms with van der Waals surface area (Å²) in [6, 6.07) is 0. The van der Waals surface area contributed by atoms with Gasteiger partial charge in [-0.05, 0) is 0 Å². The third-order valence-electron chi connectivity index (χ3n) is 1.99. The van der Waals surface area contributed by atoms with E-state index in [9.17, 15) is 0 Å². The topological polar surface area (TPSA) is 12.5 Å². The first-order valence-corrected chi connectivity index (χ1v) is 7.76. The van der Waals surface area contributed by atoms with Crippen molar-refractivity contribution in [1.29, 1.82) is 0 Å². The minimum atomic E-state index is 0.674. The molecular weight excluding hydrogens is 296 g/mol. The van der Waals surface area contributed by atoms with Gasteiger partial charge in [-0.2, -0.15) is 0 Å². The number of hydrogen-bond acceptors (Lipinski definition) is 2. The molecule has 0 aromatic carbocycles. The van der Waals surface area contributed by atoms with Crippen molar-refractivity contribution in [2.75, 3.05) is 26.3 Å². The molecule has 0 spiro atoms. The SMILES string of the molecule is CCCC[Se]C(=[Se])N1CCOCC1. The van der Waals surface area contributed by atoms with Crippen LogP contribution in [0.1, 0.15) is 19.8 Å². The number of rotatable bonds is 5. The molecule has 2 nitrogen and oxygen atoms in total. The Morgan fingerprint density at radius 3 is 2.77 bits per heavy atom. The second-order valence-corrected chi connectivity index (χ2v) is 7.46. The molecule has 4 heteroatoms. The van der Waals surface area contributed by atoms with Crippen molar-refractivity contribution >= 4 is 34.0 Å². The van der Waals surface area contributed by atoms with E-state index in [1.165, 1.54) is 21.6 Å². The first-order valence-electron chi connectivity index (χ1n) is 4.84. The van der Waals surface area contributed by atoms with Crippen molar-refractivity contribution in [2.24, 2.45) is 0 Å². The van der Waals surface area contributed by atoms with E-state index in [2.05, 4.69) is 27.4 Å². The van der Waals surface area contributed by atoms with Crippen LogP contribution in [0.15, 0.2) is 0 Å². The summed E-state index contributed by atoms with van der Waals surface area (Å²) in [5.74, 6) is 0. The summed E-state index contributed by atoms with van der Waals surface area (Å²) < 4.78 is 6.80. The molecule has 0 N–H and O–H groups in total. The van der Waals surface area contributed by atoms with E-state index in [4.69, 9.17) is 4.74 Å². The van der Waals surface area contributed by atoms with Gasteiger partial charge in [0.25, 0.3) is 0 Å². The summed E-state index contributed by atoms with van der Waals surface area (Å²) in [7, 11) is 0. The van der Waals surface area contributed by atoms with E-state index in [1.54, 1.807) is 0 Å². The van der Waals surface area contributed by atoms with Crippen LogP contribution in [0.5, 0.6) is 0 Å². The maximum absolute atomic E-state index is 5.31. The van der Waals surface area contributed by atoms with Crippen LogP contribution in [0.25, 0.3) is 0 Å². The van der Waals surface area contributed by atoms with Gasteiger partial charge in [-0.15, -0.1) is 0 Å². The Labute approximate surface area is 94.9 Å². The van der Waals surface area contributed by atoms with Crippen molar-refractivity contribution in [3.63, 3.8) is 0 Å². The van der Waals surface area contributed by atoms with Crippen LogP contribution in [0.3, 0.4) is 0 Å². The maximum atomic E-state index is 5.31. The summed E-state index contributed by atoms with van der Waals surface area (Å²) in [5.41, 5.74) is 0. The molecule has 0 aromatic heterocycles. The number of ether oxygens (including phenoxy) is 1. The molecule has 0 radical (unpaired) electrons. The van der Waals surface area contributed by atoms with Gasteiger partial charge in [0.05, 0.1) is 0 Å². The monoisotopic (exact) mass is 315 g/mol.